The van der Waals surface area contributed by atoms with Crippen LogP contribution in [-0.2, 0) is 19.6 Å². The summed E-state index contributed by atoms with van der Waals surface area (Å²) in [7, 11) is 5.33. The van der Waals surface area contributed by atoms with Crippen molar-refractivity contribution in [1.82, 2.24) is 14.5 Å². The molecule has 0 amide bonds. The van der Waals surface area contributed by atoms with E-state index in [9.17, 15) is 14.7 Å². The number of hydrogen-bond acceptors (Lipinski definition) is 7. The number of nitrogens with two attached hydrogens (primary N) is 1. The summed E-state index contributed by atoms with van der Waals surface area (Å²) < 4.78 is 8.36. The lowest BCUT2D eigenvalue weighted by molar-refractivity contribution is 0.272. The van der Waals surface area contributed by atoms with E-state index in [0.717, 1.165) is 20.6 Å². The van der Waals surface area contributed by atoms with E-state index >= 15 is 0 Å². The molecule has 2 rings (SSSR count). The molecule has 1 heterocycles. The Kier molecular flexibility index (Phi) is 16.1. The van der Waals surface area contributed by atoms with Crippen LogP contribution in [0.15, 0.2) is 32.3 Å². The Labute approximate surface area is 218 Å². The quantitative estimate of drug-likeness (QED) is 0.409. The van der Waals surface area contributed by atoms with Crippen LogP contribution < -0.4 is 31.9 Å². The highest BCUT2D eigenvalue weighted by atomic mass is 79.9. The lowest BCUT2D eigenvalue weighted by Gasteiger charge is -2.23. The summed E-state index contributed by atoms with van der Waals surface area (Å²) in [5.41, 5.74) is 6.29. The number of methoxy groups -OCH3 is 1. The Morgan fingerprint density at radius 3 is 2.17 bits per heavy atom. The second-order valence-electron chi connectivity index (χ2n) is 7.57. The SMILES string of the molecule is CC.CCC(CC)NC.CCn1c(=O)c(N(C)Cc2ccc(OC)c(Br)c2)c(N)n(CCO)c1=O. The first-order valence-electron chi connectivity index (χ1n) is 12.1. The number of nitrogen functional groups attached to an aromatic ring is 1. The minimum absolute atomic E-state index is 0.0276. The van der Waals surface area contributed by atoms with Crippen LogP contribution >= 0.6 is 15.9 Å². The predicted octanol–water partition coefficient (Wildman–Crippen LogP) is 3.43. The highest BCUT2D eigenvalue weighted by Crippen LogP contribution is 2.27. The van der Waals surface area contributed by atoms with Crippen molar-refractivity contribution in [1.29, 1.82) is 0 Å². The second kappa shape index (κ2) is 17.2. The van der Waals surface area contributed by atoms with Crippen LogP contribution in [0.2, 0.25) is 0 Å². The standard InChI is InChI=1S/C17H23BrN4O4.C6H15N.C2H6/c1-4-21-16(24)14(15(19)22(7-8-23)17(21)25)20(2)10-11-5-6-13(26-3)12(18)9-11;1-4-6(5-2)7-3;1-2/h5-6,9,23H,4,7-8,10,19H2,1-3H3;6-7H,4-5H2,1-3H3;1-2H3. The number of aliphatic hydroxyl groups is 1. The monoisotopic (exact) mass is 557 g/mol. The second-order valence-corrected chi connectivity index (χ2v) is 8.42. The van der Waals surface area contributed by atoms with Gasteiger partial charge < -0.3 is 25.8 Å². The van der Waals surface area contributed by atoms with Crippen molar-refractivity contribution in [3.8, 4) is 5.75 Å². The third kappa shape index (κ3) is 9.01. The number of anilines is 2. The van der Waals surface area contributed by atoms with E-state index in [1.807, 2.05) is 39.1 Å². The molecule has 4 N–H and O–H groups in total. The smallest absolute Gasteiger partial charge is 0.332 e. The molecular formula is C25H44BrN5O4. The van der Waals surface area contributed by atoms with Crippen LogP contribution in [0.3, 0.4) is 0 Å². The molecule has 0 aliphatic carbocycles. The number of rotatable bonds is 10. The summed E-state index contributed by atoms with van der Waals surface area (Å²) in [6.07, 6.45) is 2.49. The third-order valence-corrected chi connectivity index (χ3v) is 6.11. The van der Waals surface area contributed by atoms with E-state index in [1.54, 1.807) is 26.0 Å². The zero-order chi connectivity index (χ0) is 27.1. The van der Waals surface area contributed by atoms with Crippen LogP contribution in [0.5, 0.6) is 5.75 Å². The van der Waals surface area contributed by atoms with Gasteiger partial charge in [0.15, 0.2) is 0 Å². The normalized spacial score (nSPS) is 10.3. The molecular weight excluding hydrogens is 514 g/mol. The largest absolute Gasteiger partial charge is 0.496 e. The zero-order valence-corrected chi connectivity index (χ0v) is 24.1. The molecule has 35 heavy (non-hydrogen) atoms. The van der Waals surface area contributed by atoms with Gasteiger partial charge in [-0.2, -0.15) is 0 Å². The van der Waals surface area contributed by atoms with Gasteiger partial charge in [0.25, 0.3) is 5.56 Å². The molecule has 0 aliphatic rings. The topological polar surface area (TPSA) is 115 Å². The number of benzene rings is 1. The Morgan fingerprint density at radius 1 is 1.17 bits per heavy atom. The number of nitrogens with zero attached hydrogens (tertiary/aromatic N) is 3. The lowest BCUT2D eigenvalue weighted by Crippen LogP contribution is -2.44. The first kappa shape index (κ1) is 32.7. The summed E-state index contributed by atoms with van der Waals surface area (Å²) in [6, 6.07) is 6.35. The van der Waals surface area contributed by atoms with Gasteiger partial charge in [-0.05, 0) is 60.4 Å². The van der Waals surface area contributed by atoms with E-state index < -0.39 is 11.2 Å². The molecule has 1 aromatic carbocycles. The number of halogens is 1. The fourth-order valence-electron chi connectivity index (χ4n) is 3.51. The molecule has 0 aliphatic heterocycles. The third-order valence-electron chi connectivity index (χ3n) is 5.49. The highest BCUT2D eigenvalue weighted by Gasteiger charge is 2.19. The average Bonchev–Trinajstić information content (AvgIpc) is 2.85. The molecule has 10 heteroatoms. The van der Waals surface area contributed by atoms with Gasteiger partial charge in [-0.1, -0.05) is 33.8 Å². The van der Waals surface area contributed by atoms with Gasteiger partial charge in [0.05, 0.1) is 24.7 Å². The fourth-order valence-corrected chi connectivity index (χ4v) is 4.10. The van der Waals surface area contributed by atoms with Gasteiger partial charge in [-0.3, -0.25) is 13.9 Å². The molecule has 0 spiro atoms. The number of hydrogen-bond donors (Lipinski definition) is 3. The highest BCUT2D eigenvalue weighted by molar-refractivity contribution is 9.10. The van der Waals surface area contributed by atoms with Gasteiger partial charge in [-0.25, -0.2) is 4.79 Å². The van der Waals surface area contributed by atoms with Crippen LogP contribution in [0.4, 0.5) is 11.5 Å². The minimum Gasteiger partial charge on any atom is -0.496 e. The Bertz CT molecular complexity index is 997. The summed E-state index contributed by atoms with van der Waals surface area (Å²) in [6.45, 7) is 10.5. The summed E-state index contributed by atoms with van der Waals surface area (Å²) >= 11 is 3.44. The molecule has 200 valence electrons. The van der Waals surface area contributed by atoms with E-state index in [1.165, 1.54) is 17.4 Å². The fraction of sp³-hybridized carbons (Fsp3) is 0.600. The van der Waals surface area contributed by atoms with Crippen LogP contribution in [0, 0.1) is 0 Å². The molecule has 0 unspecified atom stereocenters. The van der Waals surface area contributed by atoms with Crippen LogP contribution in [0.25, 0.3) is 0 Å². The molecule has 0 saturated carbocycles. The van der Waals surface area contributed by atoms with Crippen molar-refractivity contribution < 1.29 is 9.84 Å². The van der Waals surface area contributed by atoms with Gasteiger partial charge in [0.1, 0.15) is 17.3 Å². The molecule has 2 aromatic rings. The van der Waals surface area contributed by atoms with Gasteiger partial charge in [-0.15, -0.1) is 0 Å². The van der Waals surface area contributed by atoms with Crippen molar-refractivity contribution in [3.63, 3.8) is 0 Å². The zero-order valence-electron chi connectivity index (χ0n) is 22.5. The molecule has 0 radical (unpaired) electrons. The Hall–Kier alpha value is -2.30. The number of nitrogens with one attached hydrogen (secondary N) is 1. The lowest BCUT2D eigenvalue weighted by atomic mass is 10.2. The molecule has 1 aromatic heterocycles. The number of aliphatic hydroxyl groups excluding tert-OH is 1. The summed E-state index contributed by atoms with van der Waals surface area (Å²) in [5.74, 6) is 0.759. The maximum Gasteiger partial charge on any atom is 0.332 e. The molecule has 9 nitrogen and oxygen atoms in total. The molecule has 0 saturated heterocycles. The van der Waals surface area contributed by atoms with E-state index in [-0.39, 0.29) is 31.2 Å². The van der Waals surface area contributed by atoms with Crippen LogP contribution in [-0.4, -0.2) is 48.1 Å². The Morgan fingerprint density at radius 2 is 1.77 bits per heavy atom. The van der Waals surface area contributed by atoms with E-state index in [4.69, 9.17) is 10.5 Å². The molecule has 0 fully saturated rings. The van der Waals surface area contributed by atoms with Crippen molar-refractivity contribution in [2.24, 2.45) is 0 Å². The van der Waals surface area contributed by atoms with Gasteiger partial charge in [0, 0.05) is 26.2 Å². The first-order valence-corrected chi connectivity index (χ1v) is 12.9. The molecule has 0 atom stereocenters. The number of ether oxygens (including phenoxy) is 1. The molecule has 0 bridgehead atoms. The maximum atomic E-state index is 12.7. The van der Waals surface area contributed by atoms with Gasteiger partial charge in [0.2, 0.25) is 0 Å². The summed E-state index contributed by atoms with van der Waals surface area (Å²) in [4.78, 5) is 26.8. The minimum atomic E-state index is -0.520. The summed E-state index contributed by atoms with van der Waals surface area (Å²) in [5, 5.41) is 12.4. The number of aromatic nitrogens is 2. The average molecular weight is 559 g/mol. The predicted molar refractivity (Wildman–Crippen MR) is 150 cm³/mol. The van der Waals surface area contributed by atoms with Crippen molar-refractivity contribution >= 4 is 27.4 Å². The van der Waals surface area contributed by atoms with Crippen LogP contribution in [0.1, 0.15) is 53.0 Å². The van der Waals surface area contributed by atoms with Gasteiger partial charge >= 0.3 is 5.69 Å². The van der Waals surface area contributed by atoms with Crippen molar-refractivity contribution in [2.75, 3.05) is 38.4 Å². The first-order chi connectivity index (χ1) is 16.7. The Balaban J connectivity index is 0.00000110. The van der Waals surface area contributed by atoms with Crippen molar-refractivity contribution in [2.45, 2.75) is 73.1 Å². The van der Waals surface area contributed by atoms with E-state index in [0.29, 0.717) is 12.3 Å². The van der Waals surface area contributed by atoms with Crippen molar-refractivity contribution in [3.05, 3.63) is 49.1 Å². The maximum absolute atomic E-state index is 12.7. The van der Waals surface area contributed by atoms with E-state index in [2.05, 4.69) is 35.1 Å².